The molecule has 2 heteroatoms. The van der Waals surface area contributed by atoms with Crippen LogP contribution in [-0.4, -0.2) is 5.97 Å². The number of hydrogen-bond acceptors (Lipinski definition) is 2. The number of benzene rings is 1. The summed E-state index contributed by atoms with van der Waals surface area (Å²) >= 11 is 0. The molecule has 0 N–H and O–H groups in total. The summed E-state index contributed by atoms with van der Waals surface area (Å²) in [6.45, 7) is 4.45. The van der Waals surface area contributed by atoms with Crippen LogP contribution in [0.15, 0.2) is 36.4 Å². The largest absolute Gasteiger partial charge is 0.423 e. The monoisotopic (exact) mass is 382 g/mol. The SMILES string of the molecule is CCCC/C=C/C(=O)Oc1ccc(C23CCC(CCCCC)(CC2)CC3)cc1. The highest BCUT2D eigenvalue weighted by Crippen LogP contribution is 2.59. The van der Waals surface area contributed by atoms with Gasteiger partial charge in [0.05, 0.1) is 0 Å². The molecule has 154 valence electrons. The molecular weight excluding hydrogens is 344 g/mol. The van der Waals surface area contributed by atoms with Crippen molar-refractivity contribution in [3.63, 3.8) is 0 Å². The third kappa shape index (κ3) is 5.07. The minimum absolute atomic E-state index is 0.269. The first-order chi connectivity index (χ1) is 13.6. The summed E-state index contributed by atoms with van der Waals surface area (Å²) in [6, 6.07) is 8.39. The molecule has 1 aromatic carbocycles. The van der Waals surface area contributed by atoms with E-state index in [2.05, 4.69) is 26.0 Å². The molecule has 0 unspecified atom stereocenters. The minimum Gasteiger partial charge on any atom is -0.423 e. The molecule has 0 spiro atoms. The summed E-state index contributed by atoms with van der Waals surface area (Å²) in [5, 5.41) is 0. The molecule has 0 heterocycles. The second kappa shape index (κ2) is 9.76. The number of ether oxygens (including phenoxy) is 1. The van der Waals surface area contributed by atoms with Crippen LogP contribution in [0.4, 0.5) is 0 Å². The maximum absolute atomic E-state index is 11.9. The maximum Gasteiger partial charge on any atom is 0.335 e. The van der Waals surface area contributed by atoms with E-state index in [-0.39, 0.29) is 5.97 Å². The van der Waals surface area contributed by atoms with Crippen molar-refractivity contribution < 1.29 is 9.53 Å². The van der Waals surface area contributed by atoms with E-state index in [4.69, 9.17) is 4.74 Å². The Morgan fingerprint density at radius 3 is 2.18 bits per heavy atom. The van der Waals surface area contributed by atoms with Gasteiger partial charge in [0.2, 0.25) is 0 Å². The Morgan fingerprint density at radius 2 is 1.57 bits per heavy atom. The minimum atomic E-state index is -0.269. The van der Waals surface area contributed by atoms with Crippen LogP contribution in [-0.2, 0) is 10.2 Å². The third-order valence-electron chi connectivity index (χ3n) is 7.38. The van der Waals surface area contributed by atoms with Crippen LogP contribution in [0.1, 0.15) is 103 Å². The van der Waals surface area contributed by atoms with Crippen LogP contribution in [0, 0.1) is 5.41 Å². The van der Waals surface area contributed by atoms with Crippen molar-refractivity contribution in [2.45, 2.75) is 103 Å². The Bertz CT molecular complexity index is 631. The predicted molar refractivity (Wildman–Crippen MR) is 117 cm³/mol. The Hall–Kier alpha value is -1.57. The number of esters is 1. The molecule has 2 nitrogen and oxygen atoms in total. The fraction of sp³-hybridized carbons (Fsp3) is 0.654. The highest BCUT2D eigenvalue weighted by atomic mass is 16.5. The van der Waals surface area contributed by atoms with Gasteiger partial charge in [0.15, 0.2) is 0 Å². The van der Waals surface area contributed by atoms with Crippen molar-refractivity contribution in [1.82, 2.24) is 0 Å². The van der Waals surface area contributed by atoms with E-state index in [1.165, 1.54) is 69.8 Å². The lowest BCUT2D eigenvalue weighted by molar-refractivity contribution is -0.129. The molecule has 3 aliphatic rings. The molecule has 3 saturated carbocycles. The molecule has 0 amide bonds. The van der Waals surface area contributed by atoms with Crippen LogP contribution in [0.2, 0.25) is 0 Å². The first kappa shape index (κ1) is 21.1. The van der Waals surface area contributed by atoms with Crippen molar-refractivity contribution in [3.05, 3.63) is 42.0 Å². The van der Waals surface area contributed by atoms with Gasteiger partial charge in [-0.1, -0.05) is 64.2 Å². The fourth-order valence-corrected chi connectivity index (χ4v) is 5.35. The van der Waals surface area contributed by atoms with Gasteiger partial charge < -0.3 is 4.74 Å². The molecule has 0 radical (unpaired) electrons. The second-order valence-corrected chi connectivity index (χ2v) is 9.23. The number of unbranched alkanes of at least 4 members (excludes halogenated alkanes) is 4. The number of carbonyl (C=O) groups is 1. The normalized spacial score (nSPS) is 26.6. The van der Waals surface area contributed by atoms with Crippen LogP contribution in [0.5, 0.6) is 5.75 Å². The fourth-order valence-electron chi connectivity index (χ4n) is 5.35. The molecule has 0 aromatic heterocycles. The summed E-state index contributed by atoms with van der Waals surface area (Å²) in [6.07, 6.45) is 20.4. The van der Waals surface area contributed by atoms with Crippen molar-refractivity contribution in [1.29, 1.82) is 0 Å². The summed E-state index contributed by atoms with van der Waals surface area (Å²) in [5.41, 5.74) is 2.47. The van der Waals surface area contributed by atoms with Crippen LogP contribution >= 0.6 is 0 Å². The average Bonchev–Trinajstić information content (AvgIpc) is 2.73. The molecule has 0 atom stereocenters. The van der Waals surface area contributed by atoms with Gasteiger partial charge in [0.25, 0.3) is 0 Å². The molecular formula is C26H38O2. The molecule has 3 aliphatic carbocycles. The van der Waals surface area contributed by atoms with Gasteiger partial charge in [-0.25, -0.2) is 4.79 Å². The van der Waals surface area contributed by atoms with Crippen LogP contribution in [0.25, 0.3) is 0 Å². The average molecular weight is 383 g/mol. The van der Waals surface area contributed by atoms with E-state index in [0.29, 0.717) is 16.6 Å². The quantitative estimate of drug-likeness (QED) is 0.181. The molecule has 1 aromatic rings. The maximum atomic E-state index is 11.9. The Kier molecular flexibility index (Phi) is 7.37. The van der Waals surface area contributed by atoms with Crippen molar-refractivity contribution in [2.75, 3.05) is 0 Å². The zero-order valence-electron chi connectivity index (χ0n) is 18.0. The summed E-state index contributed by atoms with van der Waals surface area (Å²) < 4.78 is 5.46. The number of carbonyl (C=O) groups excluding carboxylic acids is 1. The molecule has 3 fully saturated rings. The lowest BCUT2D eigenvalue weighted by atomic mass is 9.51. The van der Waals surface area contributed by atoms with Gasteiger partial charge in [-0.15, -0.1) is 0 Å². The van der Waals surface area contributed by atoms with E-state index in [1.54, 1.807) is 6.08 Å². The highest BCUT2D eigenvalue weighted by Gasteiger charge is 2.48. The smallest absolute Gasteiger partial charge is 0.335 e. The number of hydrogen-bond donors (Lipinski definition) is 0. The predicted octanol–water partition coefficient (Wildman–Crippen LogP) is 7.51. The topological polar surface area (TPSA) is 26.3 Å². The Labute approximate surface area is 171 Å². The zero-order valence-corrected chi connectivity index (χ0v) is 18.0. The number of rotatable bonds is 10. The molecule has 4 rings (SSSR count). The van der Waals surface area contributed by atoms with Crippen LogP contribution in [0.3, 0.4) is 0 Å². The second-order valence-electron chi connectivity index (χ2n) is 9.23. The highest BCUT2D eigenvalue weighted by molar-refractivity contribution is 5.83. The lowest BCUT2D eigenvalue weighted by Crippen LogP contribution is -2.44. The third-order valence-corrected chi connectivity index (χ3v) is 7.38. The van der Waals surface area contributed by atoms with Crippen LogP contribution < -0.4 is 4.74 Å². The zero-order chi connectivity index (χ0) is 19.9. The van der Waals surface area contributed by atoms with Crippen molar-refractivity contribution in [3.8, 4) is 5.75 Å². The first-order valence-electron chi connectivity index (χ1n) is 11.6. The summed E-state index contributed by atoms with van der Waals surface area (Å²) in [5.74, 6) is 0.389. The molecule has 28 heavy (non-hydrogen) atoms. The van der Waals surface area contributed by atoms with Gasteiger partial charge in [0, 0.05) is 6.08 Å². The van der Waals surface area contributed by atoms with E-state index in [9.17, 15) is 4.79 Å². The summed E-state index contributed by atoms with van der Waals surface area (Å²) in [4.78, 5) is 11.9. The van der Waals surface area contributed by atoms with E-state index < -0.39 is 0 Å². The van der Waals surface area contributed by atoms with E-state index >= 15 is 0 Å². The van der Waals surface area contributed by atoms with Crippen molar-refractivity contribution >= 4 is 5.97 Å². The van der Waals surface area contributed by atoms with Crippen molar-refractivity contribution in [2.24, 2.45) is 5.41 Å². The Morgan fingerprint density at radius 1 is 0.929 bits per heavy atom. The Balaban J connectivity index is 1.55. The lowest BCUT2D eigenvalue weighted by Gasteiger charge is -2.54. The summed E-state index contributed by atoms with van der Waals surface area (Å²) in [7, 11) is 0. The standard InChI is InChI=1S/C26H38O2/c1-3-5-7-8-10-24(27)28-23-13-11-22(12-14-23)26-19-16-25(17-20-26,18-21-26)15-9-6-4-2/h8,10-14H,3-7,9,15-21H2,1-2H3/b10-8+. The number of allylic oxidation sites excluding steroid dienone is 1. The van der Waals surface area contributed by atoms with Gasteiger partial charge in [-0.05, 0) is 79.9 Å². The molecule has 0 saturated heterocycles. The number of fused-ring (bicyclic) bond motifs is 3. The van der Waals surface area contributed by atoms with Gasteiger partial charge in [0.1, 0.15) is 5.75 Å². The van der Waals surface area contributed by atoms with Gasteiger partial charge >= 0.3 is 5.97 Å². The first-order valence-corrected chi connectivity index (χ1v) is 11.6. The van der Waals surface area contributed by atoms with Gasteiger partial charge in [-0.2, -0.15) is 0 Å². The van der Waals surface area contributed by atoms with E-state index in [0.717, 1.165) is 19.3 Å². The van der Waals surface area contributed by atoms with E-state index in [1.807, 2.05) is 18.2 Å². The molecule has 2 bridgehead atoms. The molecule has 0 aliphatic heterocycles. The van der Waals surface area contributed by atoms with Gasteiger partial charge in [-0.3, -0.25) is 0 Å².